The molecule has 3 heterocycles. The van der Waals surface area contributed by atoms with E-state index in [0.29, 0.717) is 31.1 Å². The number of rotatable bonds is 6. The highest BCUT2D eigenvalue weighted by molar-refractivity contribution is 5.98. The molecule has 1 atom stereocenters. The van der Waals surface area contributed by atoms with E-state index in [1.807, 2.05) is 30.9 Å². The van der Waals surface area contributed by atoms with Crippen LogP contribution < -0.4 is 4.74 Å². The first-order valence-electron chi connectivity index (χ1n) is 10.3. The van der Waals surface area contributed by atoms with Gasteiger partial charge in [-0.25, -0.2) is 4.98 Å². The van der Waals surface area contributed by atoms with Gasteiger partial charge in [-0.05, 0) is 31.9 Å². The fraction of sp³-hybridized carbons (Fsp3) is 0.478. The number of hydrogen-bond donors (Lipinski definition) is 0. The van der Waals surface area contributed by atoms with E-state index in [2.05, 4.69) is 34.1 Å². The number of nitrogens with zero attached hydrogens (tertiary/aromatic N) is 3. The van der Waals surface area contributed by atoms with Gasteiger partial charge in [0.15, 0.2) is 0 Å². The molecule has 0 spiro atoms. The fourth-order valence-electron chi connectivity index (χ4n) is 4.14. The van der Waals surface area contributed by atoms with Crippen LogP contribution in [0, 0.1) is 0 Å². The van der Waals surface area contributed by atoms with Crippen molar-refractivity contribution in [3.63, 3.8) is 0 Å². The summed E-state index contributed by atoms with van der Waals surface area (Å²) in [6.45, 7) is 7.73. The molecule has 2 aliphatic rings. The standard InChI is InChI=1S/C23H29N3O3/c1-16(2)26-15-21-20(23(26)27)12-18(22(24-21)28-3)13-25-9-10-29-19(14-25)11-17-7-5-4-6-8-17/h4-8,12,16,19H,9-11,13-15H2,1-3H3/t19-/m1/s1. The quantitative estimate of drug-likeness (QED) is 0.753. The van der Waals surface area contributed by atoms with Crippen molar-refractivity contribution in [3.8, 4) is 5.88 Å². The number of amides is 1. The van der Waals surface area contributed by atoms with Gasteiger partial charge in [0.25, 0.3) is 5.91 Å². The van der Waals surface area contributed by atoms with Crippen molar-refractivity contribution >= 4 is 5.91 Å². The topological polar surface area (TPSA) is 54.9 Å². The second-order valence-corrected chi connectivity index (χ2v) is 8.10. The first-order valence-corrected chi connectivity index (χ1v) is 10.3. The van der Waals surface area contributed by atoms with Gasteiger partial charge in [0.05, 0.1) is 37.6 Å². The van der Waals surface area contributed by atoms with Gasteiger partial charge in [0.2, 0.25) is 5.88 Å². The highest BCUT2D eigenvalue weighted by Gasteiger charge is 2.32. The van der Waals surface area contributed by atoms with Crippen molar-refractivity contribution in [1.82, 2.24) is 14.8 Å². The number of fused-ring (bicyclic) bond motifs is 1. The van der Waals surface area contributed by atoms with E-state index in [0.717, 1.165) is 30.8 Å². The Kier molecular flexibility index (Phi) is 5.83. The second kappa shape index (κ2) is 8.51. The number of methoxy groups -OCH3 is 1. The summed E-state index contributed by atoms with van der Waals surface area (Å²) in [6.07, 6.45) is 1.07. The molecule has 2 aromatic rings. The molecule has 4 rings (SSSR count). The van der Waals surface area contributed by atoms with Crippen LogP contribution in [-0.2, 0) is 24.2 Å². The number of hydrogen-bond acceptors (Lipinski definition) is 5. The van der Waals surface area contributed by atoms with Crippen molar-refractivity contribution in [2.24, 2.45) is 0 Å². The minimum Gasteiger partial charge on any atom is -0.481 e. The van der Waals surface area contributed by atoms with Crippen LogP contribution in [0.3, 0.4) is 0 Å². The molecule has 0 radical (unpaired) electrons. The molecule has 6 heteroatoms. The first kappa shape index (κ1) is 19.9. The third-order valence-corrected chi connectivity index (χ3v) is 5.69. The molecule has 6 nitrogen and oxygen atoms in total. The van der Waals surface area contributed by atoms with Crippen molar-refractivity contribution in [3.05, 3.63) is 58.8 Å². The normalized spacial score (nSPS) is 19.7. The number of carbonyl (C=O) groups excluding carboxylic acids is 1. The zero-order valence-electron chi connectivity index (χ0n) is 17.4. The van der Waals surface area contributed by atoms with Gasteiger partial charge in [-0.1, -0.05) is 30.3 Å². The molecule has 1 amide bonds. The Balaban J connectivity index is 1.48. The van der Waals surface area contributed by atoms with Crippen LogP contribution in [0.2, 0.25) is 0 Å². The third-order valence-electron chi connectivity index (χ3n) is 5.69. The molecule has 1 aromatic heterocycles. The van der Waals surface area contributed by atoms with Gasteiger partial charge in [0.1, 0.15) is 0 Å². The Morgan fingerprint density at radius 2 is 2.07 bits per heavy atom. The summed E-state index contributed by atoms with van der Waals surface area (Å²) in [5.41, 5.74) is 3.78. The SMILES string of the molecule is COc1nc2c(cc1CN1CCO[C@H](Cc3ccccc3)C1)C(=O)N(C(C)C)C2. The number of ether oxygens (including phenoxy) is 2. The van der Waals surface area contributed by atoms with Gasteiger partial charge >= 0.3 is 0 Å². The van der Waals surface area contributed by atoms with Crippen LogP contribution in [0.25, 0.3) is 0 Å². The number of carbonyl (C=O) groups is 1. The van der Waals surface area contributed by atoms with Crippen molar-refractivity contribution in [2.75, 3.05) is 26.8 Å². The molecular formula is C23H29N3O3. The Morgan fingerprint density at radius 3 is 2.79 bits per heavy atom. The number of morpholine rings is 1. The Bertz CT molecular complexity index is 869. The molecule has 0 unspecified atom stereocenters. The predicted octanol–water partition coefficient (Wildman–Crippen LogP) is 2.90. The van der Waals surface area contributed by atoms with E-state index in [-0.39, 0.29) is 18.1 Å². The zero-order valence-corrected chi connectivity index (χ0v) is 17.4. The Morgan fingerprint density at radius 1 is 1.28 bits per heavy atom. The smallest absolute Gasteiger partial charge is 0.256 e. The highest BCUT2D eigenvalue weighted by Crippen LogP contribution is 2.29. The van der Waals surface area contributed by atoms with E-state index in [4.69, 9.17) is 9.47 Å². The first-order chi connectivity index (χ1) is 14.0. The number of aromatic nitrogens is 1. The second-order valence-electron chi connectivity index (χ2n) is 8.10. The van der Waals surface area contributed by atoms with Crippen molar-refractivity contribution in [1.29, 1.82) is 0 Å². The molecule has 1 aromatic carbocycles. The van der Waals surface area contributed by atoms with Crippen molar-refractivity contribution < 1.29 is 14.3 Å². The Labute approximate surface area is 172 Å². The zero-order chi connectivity index (χ0) is 20.4. The Hall–Kier alpha value is -2.44. The largest absolute Gasteiger partial charge is 0.481 e. The summed E-state index contributed by atoms with van der Waals surface area (Å²) >= 11 is 0. The minimum atomic E-state index is 0.0651. The van der Waals surface area contributed by atoms with E-state index in [1.165, 1.54) is 5.56 Å². The summed E-state index contributed by atoms with van der Waals surface area (Å²) in [6, 6.07) is 12.6. The van der Waals surface area contributed by atoms with Crippen LogP contribution >= 0.6 is 0 Å². The van der Waals surface area contributed by atoms with Crippen LogP contribution in [0.4, 0.5) is 0 Å². The van der Waals surface area contributed by atoms with Gasteiger partial charge in [-0.3, -0.25) is 9.69 Å². The highest BCUT2D eigenvalue weighted by atomic mass is 16.5. The van der Waals surface area contributed by atoms with Crippen LogP contribution in [0.1, 0.15) is 41.0 Å². The summed E-state index contributed by atoms with van der Waals surface area (Å²) in [7, 11) is 1.65. The van der Waals surface area contributed by atoms with Crippen molar-refractivity contribution in [2.45, 2.75) is 45.5 Å². The molecule has 1 fully saturated rings. The van der Waals surface area contributed by atoms with Gasteiger partial charge in [0, 0.05) is 31.2 Å². The molecule has 1 saturated heterocycles. The molecular weight excluding hydrogens is 366 g/mol. The van der Waals surface area contributed by atoms with Crippen LogP contribution in [0.5, 0.6) is 5.88 Å². The van der Waals surface area contributed by atoms with Gasteiger partial charge in [-0.2, -0.15) is 0 Å². The average Bonchev–Trinajstić information content (AvgIpc) is 3.04. The molecule has 2 aliphatic heterocycles. The fourth-order valence-corrected chi connectivity index (χ4v) is 4.14. The van der Waals surface area contributed by atoms with Gasteiger partial charge < -0.3 is 14.4 Å². The summed E-state index contributed by atoms with van der Waals surface area (Å²) in [5, 5.41) is 0. The third kappa shape index (κ3) is 4.28. The van der Waals surface area contributed by atoms with E-state index < -0.39 is 0 Å². The molecule has 0 bridgehead atoms. The summed E-state index contributed by atoms with van der Waals surface area (Å²) < 4.78 is 11.6. The maximum atomic E-state index is 12.7. The number of benzene rings is 1. The average molecular weight is 396 g/mol. The summed E-state index contributed by atoms with van der Waals surface area (Å²) in [4.78, 5) is 21.6. The molecule has 0 saturated carbocycles. The lowest BCUT2D eigenvalue weighted by atomic mass is 10.1. The molecule has 154 valence electrons. The lowest BCUT2D eigenvalue weighted by Gasteiger charge is -2.33. The van der Waals surface area contributed by atoms with E-state index in [1.54, 1.807) is 7.11 Å². The molecule has 0 N–H and O–H groups in total. The minimum absolute atomic E-state index is 0.0651. The maximum Gasteiger partial charge on any atom is 0.256 e. The van der Waals surface area contributed by atoms with Crippen LogP contribution in [0.15, 0.2) is 36.4 Å². The number of pyridine rings is 1. The molecule has 0 aliphatic carbocycles. The molecule has 29 heavy (non-hydrogen) atoms. The van der Waals surface area contributed by atoms with Crippen LogP contribution in [-0.4, -0.2) is 59.6 Å². The lowest BCUT2D eigenvalue weighted by Crippen LogP contribution is -2.42. The lowest BCUT2D eigenvalue weighted by molar-refractivity contribution is -0.0307. The van der Waals surface area contributed by atoms with E-state index in [9.17, 15) is 4.79 Å². The monoisotopic (exact) mass is 395 g/mol. The maximum absolute atomic E-state index is 12.7. The summed E-state index contributed by atoms with van der Waals surface area (Å²) in [5.74, 6) is 0.684. The van der Waals surface area contributed by atoms with E-state index >= 15 is 0 Å². The predicted molar refractivity (Wildman–Crippen MR) is 111 cm³/mol. The van der Waals surface area contributed by atoms with Gasteiger partial charge in [-0.15, -0.1) is 0 Å².